The molecule has 0 saturated carbocycles. The van der Waals surface area contributed by atoms with E-state index in [4.69, 9.17) is 9.72 Å². The molecule has 30 heavy (non-hydrogen) atoms. The van der Waals surface area contributed by atoms with Crippen molar-refractivity contribution in [2.24, 2.45) is 0 Å². The van der Waals surface area contributed by atoms with Crippen molar-refractivity contribution in [3.8, 4) is 0 Å². The Morgan fingerprint density at radius 2 is 2.00 bits per heavy atom. The molecule has 6 rings (SSSR count). The summed E-state index contributed by atoms with van der Waals surface area (Å²) in [6, 6.07) is 10.9. The molecule has 0 radical (unpaired) electrons. The first-order valence-corrected chi connectivity index (χ1v) is 11.3. The van der Waals surface area contributed by atoms with E-state index in [0.717, 1.165) is 63.7 Å². The van der Waals surface area contributed by atoms with Crippen LogP contribution in [-0.2, 0) is 23.1 Å². The highest BCUT2D eigenvalue weighted by Gasteiger charge is 2.43. The molecule has 1 atom stereocenters. The predicted molar refractivity (Wildman–Crippen MR) is 118 cm³/mol. The summed E-state index contributed by atoms with van der Waals surface area (Å²) in [6.07, 6.45) is 6.96. The Morgan fingerprint density at radius 3 is 2.93 bits per heavy atom. The van der Waals surface area contributed by atoms with E-state index < -0.39 is 0 Å². The lowest BCUT2D eigenvalue weighted by Gasteiger charge is -2.41. The van der Waals surface area contributed by atoms with Crippen molar-refractivity contribution in [1.29, 1.82) is 0 Å². The lowest BCUT2D eigenvalue weighted by molar-refractivity contribution is 0.121. The number of aromatic amines is 1. The maximum atomic E-state index is 5.60. The molecule has 2 aromatic heterocycles. The molecule has 3 aromatic rings. The Hall–Kier alpha value is -2.44. The Balaban J connectivity index is 1.32. The van der Waals surface area contributed by atoms with Crippen LogP contribution in [0, 0.1) is 0 Å². The van der Waals surface area contributed by atoms with Crippen molar-refractivity contribution in [2.75, 3.05) is 44.3 Å². The Labute approximate surface area is 177 Å². The number of aromatic nitrogens is 3. The van der Waals surface area contributed by atoms with Gasteiger partial charge < -0.3 is 9.64 Å². The van der Waals surface area contributed by atoms with Crippen LogP contribution >= 0.6 is 0 Å². The number of hydrogen-bond donors (Lipinski definition) is 1. The van der Waals surface area contributed by atoms with Crippen LogP contribution in [0.25, 0.3) is 10.9 Å². The summed E-state index contributed by atoms with van der Waals surface area (Å²) < 4.78 is 5.60. The molecule has 1 aromatic carbocycles. The fourth-order valence-electron chi connectivity index (χ4n) is 5.78. The number of ether oxygens (including phenoxy) is 1. The maximum absolute atomic E-state index is 5.60. The van der Waals surface area contributed by atoms with Crippen molar-refractivity contribution in [3.05, 3.63) is 53.3 Å². The van der Waals surface area contributed by atoms with Gasteiger partial charge in [0.1, 0.15) is 5.82 Å². The molecule has 6 nitrogen and oxygen atoms in total. The molecule has 1 N–H and O–H groups in total. The van der Waals surface area contributed by atoms with Gasteiger partial charge in [-0.2, -0.15) is 5.10 Å². The normalized spacial score (nSPS) is 24.6. The predicted octanol–water partition coefficient (Wildman–Crippen LogP) is 3.27. The number of fused-ring (bicyclic) bond motifs is 3. The van der Waals surface area contributed by atoms with Gasteiger partial charge in [-0.15, -0.1) is 0 Å². The number of pyridine rings is 1. The average Bonchev–Trinajstić information content (AvgIpc) is 3.39. The number of para-hydroxylation sites is 1. The van der Waals surface area contributed by atoms with E-state index >= 15 is 0 Å². The molecule has 4 heterocycles. The second-order valence-corrected chi connectivity index (χ2v) is 9.13. The molecule has 2 saturated heterocycles. The number of rotatable bonds is 3. The lowest BCUT2D eigenvalue weighted by atomic mass is 9.77. The molecule has 0 amide bonds. The molecule has 3 aliphatic rings. The zero-order valence-electron chi connectivity index (χ0n) is 17.4. The summed E-state index contributed by atoms with van der Waals surface area (Å²) in [4.78, 5) is 10.2. The Kier molecular flexibility index (Phi) is 4.50. The van der Waals surface area contributed by atoms with Gasteiger partial charge in [-0.1, -0.05) is 18.2 Å². The monoisotopic (exact) mass is 403 g/mol. The van der Waals surface area contributed by atoms with Crippen molar-refractivity contribution < 1.29 is 4.74 Å². The van der Waals surface area contributed by atoms with Gasteiger partial charge in [0.05, 0.1) is 24.9 Å². The SMILES string of the molecule is c1ccc2nc(N3CCOCC3)c(CN3CCCC4(CCc5cn[nH]c54)C3)cc2c1. The van der Waals surface area contributed by atoms with Crippen LogP contribution in [0.3, 0.4) is 0 Å². The maximum Gasteiger partial charge on any atom is 0.133 e. The average molecular weight is 404 g/mol. The van der Waals surface area contributed by atoms with Gasteiger partial charge in [-0.25, -0.2) is 4.98 Å². The molecule has 2 aliphatic heterocycles. The van der Waals surface area contributed by atoms with E-state index in [1.54, 1.807) is 0 Å². The van der Waals surface area contributed by atoms with Gasteiger partial charge >= 0.3 is 0 Å². The first-order chi connectivity index (χ1) is 14.8. The summed E-state index contributed by atoms with van der Waals surface area (Å²) in [5.41, 5.74) is 5.51. The number of nitrogens with zero attached hydrogens (tertiary/aromatic N) is 4. The van der Waals surface area contributed by atoms with Crippen LogP contribution in [0.5, 0.6) is 0 Å². The summed E-state index contributed by atoms with van der Waals surface area (Å²) in [5.74, 6) is 1.14. The highest BCUT2D eigenvalue weighted by atomic mass is 16.5. The van der Waals surface area contributed by atoms with Crippen molar-refractivity contribution in [3.63, 3.8) is 0 Å². The third kappa shape index (κ3) is 3.10. The van der Waals surface area contributed by atoms with Crippen LogP contribution in [0.15, 0.2) is 36.5 Å². The molecule has 1 spiro atoms. The minimum Gasteiger partial charge on any atom is -0.378 e. The van der Waals surface area contributed by atoms with Crippen LogP contribution in [0.4, 0.5) is 5.82 Å². The molecule has 6 heteroatoms. The second-order valence-electron chi connectivity index (χ2n) is 9.13. The van der Waals surface area contributed by atoms with Gasteiger partial charge in [-0.05, 0) is 49.9 Å². The molecule has 156 valence electrons. The number of hydrogen-bond acceptors (Lipinski definition) is 5. The summed E-state index contributed by atoms with van der Waals surface area (Å²) in [5, 5.41) is 8.91. The van der Waals surface area contributed by atoms with Gasteiger partial charge in [0.15, 0.2) is 0 Å². The quantitative estimate of drug-likeness (QED) is 0.727. The summed E-state index contributed by atoms with van der Waals surface area (Å²) in [7, 11) is 0. The fourth-order valence-corrected chi connectivity index (χ4v) is 5.78. The zero-order chi connectivity index (χ0) is 20.0. The minimum absolute atomic E-state index is 0.257. The third-order valence-corrected chi connectivity index (χ3v) is 7.26. The highest BCUT2D eigenvalue weighted by Crippen LogP contribution is 2.44. The van der Waals surface area contributed by atoms with Crippen molar-refractivity contribution in [1.82, 2.24) is 20.1 Å². The van der Waals surface area contributed by atoms with E-state index in [2.05, 4.69) is 50.3 Å². The molecule has 1 unspecified atom stereocenters. The van der Waals surface area contributed by atoms with Gasteiger partial charge in [-0.3, -0.25) is 10.00 Å². The van der Waals surface area contributed by atoms with Crippen LogP contribution in [0.2, 0.25) is 0 Å². The Bertz CT molecular complexity index is 1060. The number of piperidine rings is 1. The number of nitrogens with one attached hydrogen (secondary N) is 1. The van der Waals surface area contributed by atoms with E-state index in [1.807, 2.05) is 6.20 Å². The number of likely N-dealkylation sites (tertiary alicyclic amines) is 1. The highest BCUT2D eigenvalue weighted by molar-refractivity contribution is 5.81. The topological polar surface area (TPSA) is 57.3 Å². The van der Waals surface area contributed by atoms with E-state index in [9.17, 15) is 0 Å². The standard InChI is InChI=1S/C24H29N5O/c1-2-5-21-18(4-1)14-20(23(26-21)29-10-12-30-13-11-29)16-28-9-3-7-24(17-28)8-6-19-15-25-27-22(19)24/h1-2,4-5,14-15H,3,6-13,16-17H2,(H,25,27). The van der Waals surface area contributed by atoms with Crippen molar-refractivity contribution >= 4 is 16.7 Å². The van der Waals surface area contributed by atoms with Crippen LogP contribution in [-0.4, -0.2) is 59.5 Å². The third-order valence-electron chi connectivity index (χ3n) is 7.26. The zero-order valence-corrected chi connectivity index (χ0v) is 17.4. The number of aryl methyl sites for hydroxylation is 1. The number of H-pyrrole nitrogens is 1. The van der Waals surface area contributed by atoms with E-state index in [0.29, 0.717) is 0 Å². The number of benzene rings is 1. The molecule has 0 bridgehead atoms. The van der Waals surface area contributed by atoms with Crippen molar-refractivity contribution in [2.45, 2.75) is 37.6 Å². The Morgan fingerprint density at radius 1 is 1.10 bits per heavy atom. The number of morpholine rings is 1. The lowest BCUT2D eigenvalue weighted by Crippen LogP contribution is -2.45. The smallest absolute Gasteiger partial charge is 0.133 e. The van der Waals surface area contributed by atoms with E-state index in [-0.39, 0.29) is 5.41 Å². The molecule has 1 aliphatic carbocycles. The van der Waals surface area contributed by atoms with Gasteiger partial charge in [0.2, 0.25) is 0 Å². The second kappa shape index (κ2) is 7.36. The fraction of sp³-hybridized carbons (Fsp3) is 0.500. The van der Waals surface area contributed by atoms with Gasteiger partial charge in [0, 0.05) is 48.2 Å². The minimum atomic E-state index is 0.257. The molecule has 2 fully saturated rings. The molecular weight excluding hydrogens is 374 g/mol. The largest absolute Gasteiger partial charge is 0.378 e. The van der Waals surface area contributed by atoms with Crippen LogP contribution < -0.4 is 4.90 Å². The van der Waals surface area contributed by atoms with Crippen LogP contribution in [0.1, 0.15) is 36.1 Å². The summed E-state index contributed by atoms with van der Waals surface area (Å²) in [6.45, 7) is 6.61. The van der Waals surface area contributed by atoms with E-state index in [1.165, 1.54) is 41.5 Å². The first kappa shape index (κ1) is 18.3. The first-order valence-electron chi connectivity index (χ1n) is 11.3. The summed E-state index contributed by atoms with van der Waals surface area (Å²) >= 11 is 0. The number of anilines is 1. The molecular formula is C24H29N5O. The van der Waals surface area contributed by atoms with Gasteiger partial charge in [0.25, 0.3) is 0 Å².